The van der Waals surface area contributed by atoms with Gasteiger partial charge in [-0.15, -0.1) is 5.54 Å². The van der Waals surface area contributed by atoms with Crippen LogP contribution in [0.4, 0.5) is 0 Å². The molecule has 220 valence electrons. The Balaban J connectivity index is 2.36. The molecule has 0 saturated heterocycles. The van der Waals surface area contributed by atoms with Crippen LogP contribution in [-0.4, -0.2) is 18.8 Å². The Hall–Kier alpha value is -3.40. The number of hydrogen-bond acceptors (Lipinski definition) is 1. The number of rotatable bonds is 7. The third kappa shape index (κ3) is 10.5. The lowest BCUT2D eigenvalue weighted by Crippen LogP contribution is -2.43. The Morgan fingerprint density at radius 3 is 1.26 bits per heavy atom. The highest BCUT2D eigenvalue weighted by Gasteiger charge is 2.41. The minimum Gasteiger partial charge on any atom is -0.378 e. The van der Waals surface area contributed by atoms with E-state index in [1.54, 1.807) is 13.8 Å². The molecule has 0 aliphatic rings. The van der Waals surface area contributed by atoms with Crippen molar-refractivity contribution in [3.63, 3.8) is 0 Å². The minimum absolute atomic E-state index is 0.623. The average molecular weight is 575 g/mol. The van der Waals surface area contributed by atoms with E-state index in [1.165, 1.54) is 0 Å². The Morgan fingerprint density at radius 2 is 0.952 bits per heavy atom. The summed E-state index contributed by atoms with van der Waals surface area (Å²) in [6, 6.07) is 16.3. The lowest BCUT2D eigenvalue weighted by molar-refractivity contribution is 0.143. The zero-order valence-corrected chi connectivity index (χ0v) is 28.6. The van der Waals surface area contributed by atoms with E-state index in [1.807, 2.05) is 24.3 Å². The van der Waals surface area contributed by atoms with Crippen molar-refractivity contribution in [1.82, 2.24) is 0 Å². The SMILES string of the molecule is CCC/C(C#Cc1ccc(C#CC(C)(C)O)cc1)=C(\C#Cc1ccc(C#C[Si](C(C)C)(C(C)C)C(C)C)cc1)CCC. The topological polar surface area (TPSA) is 20.2 Å². The lowest BCUT2D eigenvalue weighted by Gasteiger charge is -2.38. The predicted molar refractivity (Wildman–Crippen MR) is 185 cm³/mol. The minimum atomic E-state index is -1.75. The van der Waals surface area contributed by atoms with Crippen molar-refractivity contribution < 1.29 is 5.11 Å². The molecule has 0 amide bonds. The third-order valence-corrected chi connectivity index (χ3v) is 13.9. The van der Waals surface area contributed by atoms with E-state index in [2.05, 4.69) is 127 Å². The summed E-state index contributed by atoms with van der Waals surface area (Å²) in [5, 5.41) is 9.84. The smallest absolute Gasteiger partial charge is 0.146 e. The highest BCUT2D eigenvalue weighted by atomic mass is 28.3. The van der Waals surface area contributed by atoms with Crippen LogP contribution < -0.4 is 0 Å². The molecule has 0 saturated carbocycles. The number of hydrogen-bond donors (Lipinski definition) is 1. The zero-order chi connectivity index (χ0) is 31.3. The first-order valence-corrected chi connectivity index (χ1v) is 17.8. The fourth-order valence-corrected chi connectivity index (χ4v) is 10.7. The van der Waals surface area contributed by atoms with E-state index in [9.17, 15) is 5.11 Å². The van der Waals surface area contributed by atoms with Crippen LogP contribution in [0.15, 0.2) is 59.7 Å². The summed E-state index contributed by atoms with van der Waals surface area (Å²) in [4.78, 5) is 0. The summed E-state index contributed by atoms with van der Waals surface area (Å²) in [6.07, 6.45) is 3.87. The van der Waals surface area contributed by atoms with Gasteiger partial charge in [0, 0.05) is 33.4 Å². The predicted octanol–water partition coefficient (Wildman–Crippen LogP) is 9.68. The van der Waals surface area contributed by atoms with Gasteiger partial charge in [0.2, 0.25) is 0 Å². The van der Waals surface area contributed by atoms with Gasteiger partial charge < -0.3 is 5.11 Å². The quantitative estimate of drug-likeness (QED) is 0.258. The Bertz CT molecular complexity index is 1430. The molecule has 0 spiro atoms. The fraction of sp³-hybridized carbons (Fsp3) is 0.450. The summed E-state index contributed by atoms with van der Waals surface area (Å²) < 4.78 is 0. The second-order valence-electron chi connectivity index (χ2n) is 12.6. The molecule has 0 aliphatic heterocycles. The molecule has 2 aromatic rings. The summed E-state index contributed by atoms with van der Waals surface area (Å²) >= 11 is 0. The Kier molecular flexibility index (Phi) is 13.5. The Labute approximate surface area is 258 Å². The van der Waals surface area contributed by atoms with Gasteiger partial charge in [-0.2, -0.15) is 0 Å². The highest BCUT2D eigenvalue weighted by Crippen LogP contribution is 2.40. The van der Waals surface area contributed by atoms with Crippen LogP contribution in [0.3, 0.4) is 0 Å². The summed E-state index contributed by atoms with van der Waals surface area (Å²) in [7, 11) is -1.75. The first kappa shape index (κ1) is 34.8. The van der Waals surface area contributed by atoms with E-state index in [0.29, 0.717) is 16.6 Å². The van der Waals surface area contributed by atoms with Crippen LogP contribution in [0.5, 0.6) is 0 Å². The van der Waals surface area contributed by atoms with Crippen LogP contribution >= 0.6 is 0 Å². The first-order chi connectivity index (χ1) is 19.8. The molecule has 0 aromatic heterocycles. The molecule has 1 N–H and O–H groups in total. The molecule has 0 radical (unpaired) electrons. The second kappa shape index (κ2) is 16.3. The maximum atomic E-state index is 9.84. The van der Waals surface area contributed by atoms with Gasteiger partial charge in [-0.05, 0) is 91.8 Å². The molecule has 0 unspecified atom stereocenters. The monoisotopic (exact) mass is 574 g/mol. The van der Waals surface area contributed by atoms with Gasteiger partial charge in [0.1, 0.15) is 13.7 Å². The van der Waals surface area contributed by atoms with E-state index in [4.69, 9.17) is 0 Å². The van der Waals surface area contributed by atoms with E-state index in [-0.39, 0.29) is 0 Å². The van der Waals surface area contributed by atoms with E-state index in [0.717, 1.165) is 59.1 Å². The number of allylic oxidation sites excluding steroid dienone is 2. The second-order valence-corrected chi connectivity index (χ2v) is 18.1. The van der Waals surface area contributed by atoms with Crippen LogP contribution in [0.1, 0.15) is 117 Å². The van der Waals surface area contributed by atoms with Crippen molar-refractivity contribution in [2.75, 3.05) is 0 Å². The van der Waals surface area contributed by atoms with Gasteiger partial charge >= 0.3 is 0 Å². The maximum absolute atomic E-state index is 9.84. The molecule has 2 rings (SSSR count). The molecule has 42 heavy (non-hydrogen) atoms. The van der Waals surface area contributed by atoms with E-state index < -0.39 is 13.7 Å². The van der Waals surface area contributed by atoms with Gasteiger partial charge in [0.05, 0.1) is 0 Å². The zero-order valence-electron chi connectivity index (χ0n) is 27.6. The molecular formula is C40H50OSi. The molecular weight excluding hydrogens is 525 g/mol. The molecule has 2 aromatic carbocycles. The van der Waals surface area contributed by atoms with Crippen LogP contribution in [0.2, 0.25) is 16.6 Å². The molecule has 0 heterocycles. The summed E-state index contributed by atoms with van der Waals surface area (Å²) in [5.41, 5.74) is 10.8. The van der Waals surface area contributed by atoms with Crippen LogP contribution in [0.25, 0.3) is 0 Å². The van der Waals surface area contributed by atoms with Crippen molar-refractivity contribution in [3.05, 3.63) is 81.9 Å². The average Bonchev–Trinajstić information content (AvgIpc) is 2.93. The first-order valence-electron chi connectivity index (χ1n) is 15.6. The molecule has 0 fully saturated rings. The van der Waals surface area contributed by atoms with Crippen molar-refractivity contribution >= 4 is 8.07 Å². The number of aliphatic hydroxyl groups is 1. The van der Waals surface area contributed by atoms with Crippen molar-refractivity contribution in [2.45, 2.75) is 117 Å². The van der Waals surface area contributed by atoms with Crippen molar-refractivity contribution in [1.29, 1.82) is 0 Å². The van der Waals surface area contributed by atoms with Crippen molar-refractivity contribution in [2.24, 2.45) is 0 Å². The van der Waals surface area contributed by atoms with Gasteiger partial charge in [0.25, 0.3) is 0 Å². The molecule has 2 heteroatoms. The van der Waals surface area contributed by atoms with Gasteiger partial charge in [-0.1, -0.05) is 110 Å². The van der Waals surface area contributed by atoms with Gasteiger partial charge in [-0.3, -0.25) is 0 Å². The maximum Gasteiger partial charge on any atom is 0.146 e. The number of benzene rings is 2. The molecule has 0 aliphatic carbocycles. The highest BCUT2D eigenvalue weighted by molar-refractivity contribution is 6.90. The van der Waals surface area contributed by atoms with Gasteiger partial charge in [0.15, 0.2) is 0 Å². The molecule has 1 nitrogen and oxygen atoms in total. The lowest BCUT2D eigenvalue weighted by atomic mass is 9.99. The Morgan fingerprint density at radius 1 is 0.619 bits per heavy atom. The summed E-state index contributed by atoms with van der Waals surface area (Å²) in [6.45, 7) is 21.8. The van der Waals surface area contributed by atoms with Crippen LogP contribution in [-0.2, 0) is 0 Å². The largest absolute Gasteiger partial charge is 0.378 e. The molecule has 0 atom stereocenters. The van der Waals surface area contributed by atoms with Gasteiger partial charge in [-0.25, -0.2) is 0 Å². The molecule has 0 bridgehead atoms. The van der Waals surface area contributed by atoms with Crippen molar-refractivity contribution in [3.8, 4) is 47.0 Å². The summed E-state index contributed by atoms with van der Waals surface area (Å²) in [5.74, 6) is 23.1. The third-order valence-electron chi connectivity index (χ3n) is 7.65. The standard InChI is InChI=1S/C40H50OSi/c1-11-13-38(25-23-34-15-19-36(20-16-34)27-29-40(9,10)41)39(14-12-2)26-24-35-17-21-37(22-18-35)28-30-42(31(3)4,32(5)6)33(7)8/h15-22,31-33,41H,11-14H2,1-10H3/b39-38+. The van der Waals surface area contributed by atoms with Crippen LogP contribution in [0, 0.1) is 47.0 Å². The van der Waals surface area contributed by atoms with E-state index >= 15 is 0 Å². The normalized spacial score (nSPS) is 11.9. The fourth-order valence-electron chi connectivity index (χ4n) is 5.49.